The zero-order valence-electron chi connectivity index (χ0n) is 7.56. The van der Waals surface area contributed by atoms with E-state index in [1.807, 2.05) is 12.1 Å². The molecule has 0 radical (unpaired) electrons. The predicted molar refractivity (Wildman–Crippen MR) is 51.2 cm³/mol. The first-order valence-corrected chi connectivity index (χ1v) is 4.48. The molecule has 0 bridgehead atoms. The fourth-order valence-corrected chi connectivity index (χ4v) is 1.40. The number of hydrogen-bond acceptors (Lipinski definition) is 3. The van der Waals surface area contributed by atoms with Crippen molar-refractivity contribution in [1.29, 1.82) is 0 Å². The van der Waals surface area contributed by atoms with Gasteiger partial charge < -0.3 is 15.2 Å². The van der Waals surface area contributed by atoms with E-state index < -0.39 is 6.10 Å². The minimum Gasteiger partial charge on any atom is -0.478 e. The summed E-state index contributed by atoms with van der Waals surface area (Å²) in [5.41, 5.74) is 0.687. The normalized spacial score (nSPS) is 19.5. The summed E-state index contributed by atoms with van der Waals surface area (Å²) in [6.07, 6.45) is -0.255. The molecule has 2 rings (SSSR count). The van der Waals surface area contributed by atoms with E-state index >= 15 is 0 Å². The maximum absolute atomic E-state index is 11.4. The van der Waals surface area contributed by atoms with Crippen LogP contribution < -0.4 is 10.1 Å². The smallest absolute Gasteiger partial charge is 0.265 e. The van der Waals surface area contributed by atoms with Crippen LogP contribution in [0.2, 0.25) is 0 Å². The summed E-state index contributed by atoms with van der Waals surface area (Å²) in [4.78, 5) is 11.4. The summed E-state index contributed by atoms with van der Waals surface area (Å²) in [5, 5.41) is 11.4. The molecule has 1 aromatic rings. The van der Waals surface area contributed by atoms with Gasteiger partial charge in [0.05, 0.1) is 5.69 Å². The Kier molecular flexibility index (Phi) is 2.37. The zero-order chi connectivity index (χ0) is 9.97. The maximum Gasteiger partial charge on any atom is 0.265 e. The molecule has 0 saturated heterocycles. The molecule has 1 amide bonds. The van der Waals surface area contributed by atoms with E-state index in [1.165, 1.54) is 0 Å². The van der Waals surface area contributed by atoms with Gasteiger partial charge in [-0.3, -0.25) is 4.79 Å². The second-order valence-corrected chi connectivity index (χ2v) is 3.10. The molecule has 0 fully saturated rings. The molecular weight excluding hydrogens is 182 g/mol. The highest BCUT2D eigenvalue weighted by atomic mass is 16.5. The Morgan fingerprint density at radius 1 is 1.43 bits per heavy atom. The van der Waals surface area contributed by atoms with Crippen LogP contribution in [0.25, 0.3) is 0 Å². The molecule has 0 aromatic heterocycles. The van der Waals surface area contributed by atoms with E-state index in [4.69, 9.17) is 9.84 Å². The first kappa shape index (κ1) is 9.02. The molecule has 0 saturated carbocycles. The van der Waals surface area contributed by atoms with Gasteiger partial charge in [-0.2, -0.15) is 0 Å². The van der Waals surface area contributed by atoms with Gasteiger partial charge >= 0.3 is 0 Å². The Morgan fingerprint density at radius 3 is 3.00 bits per heavy atom. The van der Waals surface area contributed by atoms with Crippen molar-refractivity contribution in [2.45, 2.75) is 12.5 Å². The Morgan fingerprint density at radius 2 is 2.21 bits per heavy atom. The average molecular weight is 193 g/mol. The fraction of sp³-hybridized carbons (Fsp3) is 0.300. The number of carbonyl (C=O) groups excluding carboxylic acids is 1. The molecule has 1 heterocycles. The molecule has 0 unspecified atom stereocenters. The van der Waals surface area contributed by atoms with Crippen LogP contribution in [0, 0.1) is 0 Å². The van der Waals surface area contributed by atoms with Crippen LogP contribution in [-0.4, -0.2) is 23.7 Å². The summed E-state index contributed by atoms with van der Waals surface area (Å²) in [6, 6.07) is 7.24. The molecule has 2 N–H and O–H groups in total. The molecule has 14 heavy (non-hydrogen) atoms. The van der Waals surface area contributed by atoms with Gasteiger partial charge in [0.25, 0.3) is 5.91 Å². The number of para-hydroxylation sites is 2. The largest absolute Gasteiger partial charge is 0.478 e. The highest BCUT2D eigenvalue weighted by Gasteiger charge is 2.26. The van der Waals surface area contributed by atoms with E-state index in [2.05, 4.69) is 5.32 Å². The SMILES string of the molecule is O=C1Nc2ccccc2O[C@@H]1CCO. The number of anilines is 1. The molecule has 0 aliphatic carbocycles. The highest BCUT2D eigenvalue weighted by molar-refractivity contribution is 5.97. The molecule has 0 spiro atoms. The van der Waals surface area contributed by atoms with Gasteiger partial charge in [0, 0.05) is 13.0 Å². The van der Waals surface area contributed by atoms with E-state index in [1.54, 1.807) is 12.1 Å². The summed E-state index contributed by atoms with van der Waals surface area (Å²) >= 11 is 0. The standard InChI is InChI=1S/C10H11NO3/c12-6-5-9-10(13)11-7-3-1-2-4-8(7)14-9/h1-4,9,12H,5-6H2,(H,11,13)/t9-/m1/s1. The lowest BCUT2D eigenvalue weighted by molar-refractivity contribution is -0.124. The quantitative estimate of drug-likeness (QED) is 0.729. The van der Waals surface area contributed by atoms with Gasteiger partial charge in [0.15, 0.2) is 6.10 Å². The number of rotatable bonds is 2. The molecular formula is C10H11NO3. The number of nitrogens with one attached hydrogen (secondary N) is 1. The lowest BCUT2D eigenvalue weighted by Gasteiger charge is -2.25. The fourth-order valence-electron chi connectivity index (χ4n) is 1.40. The summed E-state index contributed by atoms with van der Waals surface area (Å²) in [5.74, 6) is 0.461. The molecule has 4 heteroatoms. The number of amides is 1. The van der Waals surface area contributed by atoms with Crippen molar-refractivity contribution < 1.29 is 14.6 Å². The number of benzene rings is 1. The Labute approximate surface area is 81.5 Å². The summed E-state index contributed by atoms with van der Waals surface area (Å²) in [7, 11) is 0. The number of aliphatic hydroxyl groups excluding tert-OH is 1. The first-order valence-electron chi connectivity index (χ1n) is 4.48. The van der Waals surface area contributed by atoms with Gasteiger partial charge in [-0.05, 0) is 12.1 Å². The van der Waals surface area contributed by atoms with E-state index in [0.29, 0.717) is 17.9 Å². The third kappa shape index (κ3) is 1.56. The number of ether oxygens (including phenoxy) is 1. The van der Waals surface area contributed by atoms with Gasteiger partial charge in [0.2, 0.25) is 0 Å². The lowest BCUT2D eigenvalue weighted by atomic mass is 10.2. The topological polar surface area (TPSA) is 58.6 Å². The van der Waals surface area contributed by atoms with Crippen molar-refractivity contribution in [2.24, 2.45) is 0 Å². The second-order valence-electron chi connectivity index (χ2n) is 3.10. The van der Waals surface area contributed by atoms with Crippen LogP contribution in [0.15, 0.2) is 24.3 Å². The third-order valence-corrected chi connectivity index (χ3v) is 2.10. The number of fused-ring (bicyclic) bond motifs is 1. The molecule has 1 aliphatic heterocycles. The van der Waals surface area contributed by atoms with Crippen LogP contribution >= 0.6 is 0 Å². The molecule has 74 valence electrons. The number of carbonyl (C=O) groups is 1. The Bertz CT molecular complexity index is 351. The molecule has 4 nitrogen and oxygen atoms in total. The average Bonchev–Trinajstić information content (AvgIpc) is 2.19. The zero-order valence-corrected chi connectivity index (χ0v) is 7.56. The predicted octanol–water partition coefficient (Wildman–Crippen LogP) is 0.768. The number of hydrogen-bond donors (Lipinski definition) is 2. The van der Waals surface area contributed by atoms with Gasteiger partial charge in [-0.1, -0.05) is 12.1 Å². The minimum atomic E-state index is -0.574. The van der Waals surface area contributed by atoms with Crippen LogP contribution in [0.3, 0.4) is 0 Å². The summed E-state index contributed by atoms with van der Waals surface area (Å²) in [6.45, 7) is -0.0553. The second kappa shape index (κ2) is 3.67. The van der Waals surface area contributed by atoms with Gasteiger partial charge in [-0.15, -0.1) is 0 Å². The highest BCUT2D eigenvalue weighted by Crippen LogP contribution is 2.29. The van der Waals surface area contributed by atoms with Crippen LogP contribution in [0.4, 0.5) is 5.69 Å². The van der Waals surface area contributed by atoms with Crippen molar-refractivity contribution in [2.75, 3.05) is 11.9 Å². The Hall–Kier alpha value is -1.55. The monoisotopic (exact) mass is 193 g/mol. The minimum absolute atomic E-state index is 0.0553. The van der Waals surface area contributed by atoms with Crippen molar-refractivity contribution in [3.05, 3.63) is 24.3 Å². The maximum atomic E-state index is 11.4. The van der Waals surface area contributed by atoms with Crippen molar-refractivity contribution in [3.8, 4) is 5.75 Å². The van der Waals surface area contributed by atoms with E-state index in [0.717, 1.165) is 0 Å². The van der Waals surface area contributed by atoms with Crippen LogP contribution in [0.1, 0.15) is 6.42 Å². The molecule has 1 aliphatic rings. The summed E-state index contributed by atoms with van der Waals surface area (Å²) < 4.78 is 5.41. The van der Waals surface area contributed by atoms with Crippen LogP contribution in [-0.2, 0) is 4.79 Å². The van der Waals surface area contributed by atoms with E-state index in [9.17, 15) is 4.79 Å². The molecule has 1 atom stereocenters. The first-order chi connectivity index (χ1) is 6.81. The third-order valence-electron chi connectivity index (χ3n) is 2.10. The van der Waals surface area contributed by atoms with Crippen LogP contribution in [0.5, 0.6) is 5.75 Å². The van der Waals surface area contributed by atoms with E-state index in [-0.39, 0.29) is 12.5 Å². The van der Waals surface area contributed by atoms with Gasteiger partial charge in [-0.25, -0.2) is 0 Å². The van der Waals surface area contributed by atoms with Crippen molar-refractivity contribution >= 4 is 11.6 Å². The van der Waals surface area contributed by atoms with Crippen molar-refractivity contribution in [3.63, 3.8) is 0 Å². The van der Waals surface area contributed by atoms with Gasteiger partial charge in [0.1, 0.15) is 5.75 Å². The number of aliphatic hydroxyl groups is 1. The molecule has 1 aromatic carbocycles. The van der Waals surface area contributed by atoms with Crippen molar-refractivity contribution in [1.82, 2.24) is 0 Å². The lowest BCUT2D eigenvalue weighted by Crippen LogP contribution is -2.37. The Balaban J connectivity index is 2.22.